The molecule has 0 bridgehead atoms. The van der Waals surface area contributed by atoms with Crippen LogP contribution in [-0.4, -0.2) is 53.2 Å². The molecule has 3 heterocycles. The zero-order valence-corrected chi connectivity index (χ0v) is 17.6. The topological polar surface area (TPSA) is 59.4 Å². The van der Waals surface area contributed by atoms with Crippen molar-refractivity contribution in [3.63, 3.8) is 0 Å². The van der Waals surface area contributed by atoms with E-state index in [4.69, 9.17) is 9.72 Å². The number of amides is 1. The van der Waals surface area contributed by atoms with Crippen molar-refractivity contribution in [2.75, 3.05) is 32.8 Å². The van der Waals surface area contributed by atoms with Crippen molar-refractivity contribution < 1.29 is 9.53 Å². The largest absolute Gasteiger partial charge is 0.381 e. The first-order valence-corrected chi connectivity index (χ1v) is 11.3. The van der Waals surface area contributed by atoms with Crippen LogP contribution in [0.25, 0.3) is 11.0 Å². The van der Waals surface area contributed by atoms with Crippen LogP contribution in [0.3, 0.4) is 0 Å². The minimum absolute atomic E-state index is 0.0613. The van der Waals surface area contributed by atoms with E-state index < -0.39 is 0 Å². The van der Waals surface area contributed by atoms with Crippen LogP contribution in [0.1, 0.15) is 44.9 Å². The van der Waals surface area contributed by atoms with Gasteiger partial charge in [0, 0.05) is 19.7 Å². The highest BCUT2D eigenvalue weighted by atomic mass is 16.5. The Bertz CT molecular complexity index is 804. The average molecular weight is 399 g/mol. The fourth-order valence-electron chi connectivity index (χ4n) is 4.49. The molecule has 0 radical (unpaired) electrons. The summed E-state index contributed by atoms with van der Waals surface area (Å²) >= 11 is 0. The van der Waals surface area contributed by atoms with Gasteiger partial charge in [-0.25, -0.2) is 4.98 Å². The first kappa shape index (κ1) is 20.4. The monoisotopic (exact) mass is 398 g/mol. The van der Waals surface area contributed by atoms with Crippen LogP contribution in [0.2, 0.25) is 0 Å². The van der Waals surface area contributed by atoms with Gasteiger partial charge in [0.05, 0.1) is 30.1 Å². The van der Waals surface area contributed by atoms with E-state index in [9.17, 15) is 4.79 Å². The molecule has 1 N–H and O–H groups in total. The predicted molar refractivity (Wildman–Crippen MR) is 115 cm³/mol. The predicted octanol–water partition coefficient (Wildman–Crippen LogP) is 3.20. The third kappa shape index (κ3) is 4.98. The number of ether oxygens (including phenoxy) is 1. The molecule has 0 saturated carbocycles. The molecule has 6 heteroatoms. The first-order chi connectivity index (χ1) is 14.2. The van der Waals surface area contributed by atoms with Crippen molar-refractivity contribution in [3.8, 4) is 0 Å². The summed E-state index contributed by atoms with van der Waals surface area (Å²) in [5.74, 6) is 2.00. The fourth-order valence-corrected chi connectivity index (χ4v) is 4.49. The quantitative estimate of drug-likeness (QED) is 0.742. The number of hydrogen-bond acceptors (Lipinski definition) is 4. The van der Waals surface area contributed by atoms with Crippen LogP contribution in [0, 0.1) is 11.8 Å². The Hall–Kier alpha value is -1.92. The maximum atomic E-state index is 12.2. The number of carbonyl (C=O) groups excluding carboxylic acids is 1. The number of piperidine rings is 1. The second kappa shape index (κ2) is 9.72. The summed E-state index contributed by atoms with van der Waals surface area (Å²) in [5.41, 5.74) is 2.36. The number of unbranched alkanes of at least 4 members (excludes halogenated alkanes) is 1. The fraction of sp³-hybridized carbons (Fsp3) is 0.652. The number of carbonyl (C=O) groups is 1. The van der Waals surface area contributed by atoms with Crippen molar-refractivity contribution in [1.82, 2.24) is 19.8 Å². The van der Waals surface area contributed by atoms with E-state index in [1.807, 2.05) is 0 Å². The summed E-state index contributed by atoms with van der Waals surface area (Å²) in [5, 5.41) is 3.15. The molecule has 6 nitrogen and oxygen atoms in total. The minimum atomic E-state index is 0.0613. The summed E-state index contributed by atoms with van der Waals surface area (Å²) < 4.78 is 7.73. The average Bonchev–Trinajstić information content (AvgIpc) is 3.40. The molecule has 1 aromatic carbocycles. The Balaban J connectivity index is 1.29. The summed E-state index contributed by atoms with van der Waals surface area (Å²) in [6, 6.07) is 8.48. The van der Waals surface area contributed by atoms with Crippen molar-refractivity contribution in [3.05, 3.63) is 30.1 Å². The van der Waals surface area contributed by atoms with Crippen LogP contribution in [0.4, 0.5) is 0 Å². The number of hydrogen-bond donors (Lipinski definition) is 1. The molecule has 158 valence electrons. The van der Waals surface area contributed by atoms with Crippen LogP contribution in [-0.2, 0) is 22.6 Å². The van der Waals surface area contributed by atoms with E-state index in [-0.39, 0.29) is 11.8 Å². The van der Waals surface area contributed by atoms with E-state index >= 15 is 0 Å². The van der Waals surface area contributed by atoms with Crippen molar-refractivity contribution >= 4 is 16.9 Å². The Labute approximate surface area is 173 Å². The highest BCUT2D eigenvalue weighted by Gasteiger charge is 2.25. The van der Waals surface area contributed by atoms with E-state index in [1.165, 1.54) is 24.2 Å². The van der Waals surface area contributed by atoms with Crippen molar-refractivity contribution in [2.45, 2.75) is 52.1 Å². The number of imidazole rings is 1. The number of nitrogens with zero attached hydrogens (tertiary/aromatic N) is 3. The van der Waals surface area contributed by atoms with Gasteiger partial charge in [-0.15, -0.1) is 0 Å². The van der Waals surface area contributed by atoms with E-state index in [0.29, 0.717) is 12.5 Å². The van der Waals surface area contributed by atoms with E-state index in [1.54, 1.807) is 0 Å². The summed E-state index contributed by atoms with van der Waals surface area (Å²) in [7, 11) is 0. The lowest BCUT2D eigenvalue weighted by molar-refractivity contribution is -0.125. The maximum Gasteiger partial charge on any atom is 0.225 e. The maximum absolute atomic E-state index is 12.2. The zero-order chi connectivity index (χ0) is 20.1. The Morgan fingerprint density at radius 2 is 2.07 bits per heavy atom. The third-order valence-electron chi connectivity index (χ3n) is 6.41. The molecule has 2 saturated heterocycles. The van der Waals surface area contributed by atoms with Crippen molar-refractivity contribution in [1.29, 1.82) is 0 Å². The van der Waals surface area contributed by atoms with Crippen LogP contribution >= 0.6 is 0 Å². The SMILES string of the molecule is CCCCn1c(CN2CCC(CNC(=O)C3CCOC3)CC2)nc2ccccc21. The van der Waals surface area contributed by atoms with Gasteiger partial charge in [-0.05, 0) is 56.8 Å². The molecule has 1 unspecified atom stereocenters. The molecule has 2 aliphatic rings. The van der Waals surface area contributed by atoms with Gasteiger partial charge >= 0.3 is 0 Å². The second-order valence-electron chi connectivity index (χ2n) is 8.55. The molecule has 1 aromatic heterocycles. The molecule has 1 atom stereocenters. The number of para-hydroxylation sites is 2. The molecular formula is C23H34N4O2. The number of rotatable bonds is 8. The van der Waals surface area contributed by atoms with E-state index in [2.05, 4.69) is 46.0 Å². The van der Waals surface area contributed by atoms with Gasteiger partial charge < -0.3 is 14.6 Å². The van der Waals surface area contributed by atoms with E-state index in [0.717, 1.165) is 64.1 Å². The highest BCUT2D eigenvalue weighted by molar-refractivity contribution is 5.79. The normalized spacial score (nSPS) is 21.1. The smallest absolute Gasteiger partial charge is 0.225 e. The molecule has 0 spiro atoms. The Morgan fingerprint density at radius 3 is 2.83 bits per heavy atom. The summed E-state index contributed by atoms with van der Waals surface area (Å²) in [6.07, 6.45) is 5.51. The number of aryl methyl sites for hydroxylation is 1. The van der Waals surface area contributed by atoms with Gasteiger partial charge in [0.1, 0.15) is 5.82 Å². The number of fused-ring (bicyclic) bond motifs is 1. The molecule has 4 rings (SSSR count). The van der Waals surface area contributed by atoms with Gasteiger partial charge in [0.25, 0.3) is 0 Å². The summed E-state index contributed by atoms with van der Waals surface area (Å²) in [4.78, 5) is 19.6. The molecular weight excluding hydrogens is 364 g/mol. The molecule has 2 fully saturated rings. The van der Waals surface area contributed by atoms with Gasteiger partial charge in [-0.3, -0.25) is 9.69 Å². The molecule has 2 aromatic rings. The van der Waals surface area contributed by atoms with Crippen molar-refractivity contribution in [2.24, 2.45) is 11.8 Å². The van der Waals surface area contributed by atoms with Gasteiger partial charge in [-0.2, -0.15) is 0 Å². The third-order valence-corrected chi connectivity index (χ3v) is 6.41. The molecule has 29 heavy (non-hydrogen) atoms. The van der Waals surface area contributed by atoms with Gasteiger partial charge in [0.2, 0.25) is 5.91 Å². The minimum Gasteiger partial charge on any atom is -0.381 e. The Morgan fingerprint density at radius 1 is 1.24 bits per heavy atom. The summed E-state index contributed by atoms with van der Waals surface area (Å²) in [6.45, 7) is 8.45. The molecule has 2 aliphatic heterocycles. The van der Waals surface area contributed by atoms with Gasteiger partial charge in [0.15, 0.2) is 0 Å². The van der Waals surface area contributed by atoms with Gasteiger partial charge in [-0.1, -0.05) is 25.5 Å². The lowest BCUT2D eigenvalue weighted by atomic mass is 9.96. The lowest BCUT2D eigenvalue weighted by Gasteiger charge is -2.32. The van der Waals surface area contributed by atoms with Crippen LogP contribution in [0.5, 0.6) is 0 Å². The lowest BCUT2D eigenvalue weighted by Crippen LogP contribution is -2.40. The first-order valence-electron chi connectivity index (χ1n) is 11.3. The molecule has 1 amide bonds. The number of aromatic nitrogens is 2. The van der Waals surface area contributed by atoms with Crippen LogP contribution < -0.4 is 5.32 Å². The second-order valence-corrected chi connectivity index (χ2v) is 8.55. The van der Waals surface area contributed by atoms with Crippen LogP contribution in [0.15, 0.2) is 24.3 Å². The molecule has 0 aliphatic carbocycles. The number of benzene rings is 1. The Kier molecular flexibility index (Phi) is 6.82. The zero-order valence-electron chi connectivity index (χ0n) is 17.6. The highest BCUT2D eigenvalue weighted by Crippen LogP contribution is 2.22. The standard InChI is InChI=1S/C23H34N4O2/c1-2-3-11-27-21-7-5-4-6-20(21)25-22(27)16-26-12-8-18(9-13-26)15-24-23(28)19-10-14-29-17-19/h4-7,18-19H,2-3,8-17H2,1H3,(H,24,28). The number of nitrogens with one attached hydrogen (secondary N) is 1. The number of likely N-dealkylation sites (tertiary alicyclic amines) is 1.